The molecule has 6 rings (SSSR count). The molecule has 3 aromatic carbocycles. The number of hydrogen-bond donors (Lipinski definition) is 2. The van der Waals surface area contributed by atoms with E-state index in [2.05, 4.69) is 58.4 Å². The molecule has 2 N–H and O–H groups in total. The highest BCUT2D eigenvalue weighted by molar-refractivity contribution is 7.44. The first kappa shape index (κ1) is 43.5. The van der Waals surface area contributed by atoms with Crippen molar-refractivity contribution in [2.24, 2.45) is 4.99 Å². The number of imidazole rings is 1. The average Bonchev–Trinajstić information content (AvgIpc) is 3.85. The van der Waals surface area contributed by atoms with E-state index in [1.54, 1.807) is 29.2 Å². The van der Waals surface area contributed by atoms with Crippen LogP contribution in [0.15, 0.2) is 95.0 Å². The molecule has 5 atom stereocenters. The molecule has 16 heteroatoms. The highest BCUT2D eigenvalue weighted by Crippen LogP contribution is 2.51. The van der Waals surface area contributed by atoms with Gasteiger partial charge in [-0.25, -0.2) is 14.6 Å². The van der Waals surface area contributed by atoms with Crippen LogP contribution >= 0.6 is 8.53 Å². The van der Waals surface area contributed by atoms with E-state index in [4.69, 9.17) is 23.3 Å². The molecule has 2 aromatic heterocycles. The summed E-state index contributed by atoms with van der Waals surface area (Å²) < 4.78 is 37.1. The number of aliphatic hydroxyl groups excluding tert-OH is 1. The van der Waals surface area contributed by atoms with Crippen molar-refractivity contribution in [3.05, 3.63) is 118 Å². The Hall–Kier alpha value is -5.04. The van der Waals surface area contributed by atoms with Crippen molar-refractivity contribution in [3.8, 4) is 11.8 Å². The molecule has 1 aliphatic heterocycles. The third-order valence-corrected chi connectivity index (χ3v) is 12.0. The van der Waals surface area contributed by atoms with Crippen LogP contribution in [-0.4, -0.2) is 99.2 Å². The van der Waals surface area contributed by atoms with Gasteiger partial charge in [-0.05, 0) is 62.1 Å². The number of aromatic nitrogens is 4. The fourth-order valence-corrected chi connectivity index (χ4v) is 8.96. The lowest BCUT2D eigenvalue weighted by atomic mass is 9.79. The molecule has 0 spiro atoms. The number of methoxy groups -OCH3 is 1. The molecule has 1 aliphatic rings. The maximum atomic E-state index is 13.2. The van der Waals surface area contributed by atoms with Crippen LogP contribution < -0.4 is 10.3 Å². The Morgan fingerprint density at radius 2 is 1.71 bits per heavy atom. The van der Waals surface area contributed by atoms with Crippen LogP contribution in [0, 0.1) is 11.3 Å². The zero-order valence-corrected chi connectivity index (χ0v) is 35.5. The van der Waals surface area contributed by atoms with E-state index < -0.39 is 38.1 Å². The normalized spacial score (nSPS) is 18.5. The first-order valence-electron chi connectivity index (χ1n) is 19.6. The van der Waals surface area contributed by atoms with Gasteiger partial charge in [0.1, 0.15) is 23.7 Å². The summed E-state index contributed by atoms with van der Waals surface area (Å²) in [4.78, 5) is 31.0. The van der Waals surface area contributed by atoms with Crippen molar-refractivity contribution in [3.63, 3.8) is 0 Å². The minimum absolute atomic E-state index is 0.0492. The van der Waals surface area contributed by atoms with Crippen LogP contribution in [0.3, 0.4) is 0 Å². The SMILES string of the molecule is COc1ccc(C(OC[C@H]2O[C@@H](n3cnc4c(=O)[nH]c(/N=C/N(C)C)nc43)CC2OP(OCCC#N)N(C(C)C)C(C)C)(c2ccccc2)c2ccc(CO)cc2)cc1. The van der Waals surface area contributed by atoms with Crippen molar-refractivity contribution in [1.29, 1.82) is 5.26 Å². The second kappa shape index (κ2) is 19.8. The van der Waals surface area contributed by atoms with E-state index in [9.17, 15) is 15.2 Å². The van der Waals surface area contributed by atoms with Crippen LogP contribution in [0.5, 0.6) is 5.75 Å². The van der Waals surface area contributed by atoms with Crippen LogP contribution in [0.1, 0.15) is 69.0 Å². The summed E-state index contributed by atoms with van der Waals surface area (Å²) >= 11 is 0. The lowest BCUT2D eigenvalue weighted by Gasteiger charge is -2.39. The van der Waals surface area contributed by atoms with Gasteiger partial charge in [-0.3, -0.25) is 14.3 Å². The Labute approximate surface area is 346 Å². The highest BCUT2D eigenvalue weighted by atomic mass is 31.2. The molecule has 0 aliphatic carbocycles. The van der Waals surface area contributed by atoms with Gasteiger partial charge in [-0.15, -0.1) is 0 Å². The van der Waals surface area contributed by atoms with E-state index in [0.717, 1.165) is 22.3 Å². The van der Waals surface area contributed by atoms with Gasteiger partial charge >= 0.3 is 0 Å². The molecule has 1 fully saturated rings. The van der Waals surface area contributed by atoms with E-state index in [0.29, 0.717) is 17.8 Å². The smallest absolute Gasteiger partial charge is 0.280 e. The molecule has 59 heavy (non-hydrogen) atoms. The molecule has 0 saturated carbocycles. The molecule has 15 nitrogen and oxygen atoms in total. The number of nitriles is 1. The summed E-state index contributed by atoms with van der Waals surface area (Å²) in [7, 11) is 3.60. The van der Waals surface area contributed by atoms with Gasteiger partial charge in [-0.2, -0.15) is 10.2 Å². The molecule has 3 heterocycles. The van der Waals surface area contributed by atoms with Gasteiger partial charge in [0.2, 0.25) is 5.95 Å². The van der Waals surface area contributed by atoms with E-state index in [1.807, 2.05) is 93.0 Å². The number of rotatable bonds is 19. The van der Waals surface area contributed by atoms with Gasteiger partial charge in [0.05, 0.1) is 58.2 Å². The molecule has 0 radical (unpaired) electrons. The van der Waals surface area contributed by atoms with Crippen molar-refractivity contribution < 1.29 is 28.4 Å². The third kappa shape index (κ3) is 9.88. The molecule has 0 bridgehead atoms. The molecule has 1 saturated heterocycles. The number of benzene rings is 3. The number of ether oxygens (including phenoxy) is 3. The third-order valence-electron chi connectivity index (χ3n) is 9.89. The van der Waals surface area contributed by atoms with Gasteiger partial charge in [0.25, 0.3) is 14.1 Å². The Bertz CT molecular complexity index is 2190. The van der Waals surface area contributed by atoms with Gasteiger partial charge in [0, 0.05) is 32.6 Å². The Morgan fingerprint density at radius 1 is 1.05 bits per heavy atom. The monoisotopic (exact) mass is 824 g/mol. The topological polar surface area (TPSA) is 173 Å². The summed E-state index contributed by atoms with van der Waals surface area (Å²) in [6, 6.07) is 27.8. The lowest BCUT2D eigenvalue weighted by Crippen LogP contribution is -2.39. The first-order chi connectivity index (χ1) is 28.5. The van der Waals surface area contributed by atoms with E-state index >= 15 is 0 Å². The van der Waals surface area contributed by atoms with Gasteiger partial charge in [-0.1, -0.05) is 66.7 Å². The number of aliphatic hydroxyl groups is 1. The summed E-state index contributed by atoms with van der Waals surface area (Å²) in [6.07, 6.45) is 1.72. The molecule has 312 valence electrons. The fourth-order valence-electron chi connectivity index (χ4n) is 7.20. The minimum atomic E-state index is -1.68. The number of aliphatic imine (C=N–C) groups is 1. The lowest BCUT2D eigenvalue weighted by molar-refractivity contribution is -0.0912. The molecular formula is C43H53N8O7P. The van der Waals surface area contributed by atoms with E-state index in [-0.39, 0.29) is 49.8 Å². The van der Waals surface area contributed by atoms with Crippen LogP contribution in [-0.2, 0) is 30.7 Å². The quantitative estimate of drug-likeness (QED) is 0.0294. The number of H-pyrrole nitrogens is 1. The van der Waals surface area contributed by atoms with Crippen LogP contribution in [0.4, 0.5) is 5.95 Å². The van der Waals surface area contributed by atoms with E-state index in [1.165, 1.54) is 0 Å². The standard InChI is InChI=1S/C43H53N8O7P/c1-29(2)51(30(3)4)59(56-23-11-22-44)58-36-24-38(50-28-45-39-40(50)47-42(48-41(39)53)46-27-49(5)6)57-37(36)26-55-43(32-12-9-8-10-13-32,33-16-14-31(25-52)15-17-33)34-18-20-35(54-7)21-19-34/h8-10,12-21,27-30,36-38,52H,11,23-26H2,1-7H3,(H,47,48,53)/b46-27+/t36?,37-,38-,43?,59?/m1/s1. The average molecular weight is 825 g/mol. The molecular weight excluding hydrogens is 771 g/mol. The maximum absolute atomic E-state index is 13.2. The van der Waals surface area contributed by atoms with Crippen molar-refractivity contribution in [2.75, 3.05) is 34.4 Å². The largest absolute Gasteiger partial charge is 0.497 e. The zero-order valence-electron chi connectivity index (χ0n) is 34.6. The molecule has 0 amide bonds. The fraction of sp³-hybridized carbons (Fsp3) is 0.419. The Balaban J connectivity index is 1.45. The number of nitrogens with zero attached hydrogens (tertiary/aromatic N) is 7. The summed E-state index contributed by atoms with van der Waals surface area (Å²) in [5.41, 5.74) is 2.19. The van der Waals surface area contributed by atoms with Crippen molar-refractivity contribution in [1.82, 2.24) is 29.1 Å². The summed E-state index contributed by atoms with van der Waals surface area (Å²) in [5.74, 6) is 0.823. The predicted molar refractivity (Wildman–Crippen MR) is 226 cm³/mol. The second-order valence-electron chi connectivity index (χ2n) is 14.9. The highest BCUT2D eigenvalue weighted by Gasteiger charge is 2.45. The van der Waals surface area contributed by atoms with Crippen molar-refractivity contribution >= 4 is 32.0 Å². The Kier molecular flexibility index (Phi) is 14.6. The van der Waals surface area contributed by atoms with Crippen LogP contribution in [0.2, 0.25) is 0 Å². The number of fused-ring (bicyclic) bond motifs is 1. The second-order valence-corrected chi connectivity index (χ2v) is 16.3. The predicted octanol–water partition coefficient (Wildman–Crippen LogP) is 6.80. The van der Waals surface area contributed by atoms with Gasteiger partial charge in [0.15, 0.2) is 11.2 Å². The van der Waals surface area contributed by atoms with Crippen molar-refractivity contribution in [2.45, 2.75) is 83.3 Å². The molecule has 3 unspecified atom stereocenters. The van der Waals surface area contributed by atoms with Gasteiger partial charge < -0.3 is 33.3 Å². The number of nitrogens with one attached hydrogen (secondary N) is 1. The molecule has 5 aromatic rings. The minimum Gasteiger partial charge on any atom is -0.497 e. The Morgan fingerprint density at radius 3 is 2.32 bits per heavy atom. The summed E-state index contributed by atoms with van der Waals surface area (Å²) in [5, 5.41) is 19.3. The number of hydrogen-bond acceptors (Lipinski definition) is 12. The maximum Gasteiger partial charge on any atom is 0.280 e. The zero-order chi connectivity index (χ0) is 42.1. The summed E-state index contributed by atoms with van der Waals surface area (Å²) in [6.45, 7) is 8.49. The first-order valence-corrected chi connectivity index (χ1v) is 20.7. The van der Waals surface area contributed by atoms with Crippen LogP contribution in [0.25, 0.3) is 11.2 Å². The number of aromatic amines is 1.